The summed E-state index contributed by atoms with van der Waals surface area (Å²) in [5.74, 6) is 2.14. The molecule has 0 saturated carbocycles. The Kier molecular flexibility index (Phi) is 5.96. The quantitative estimate of drug-likeness (QED) is 0.713. The number of methoxy groups -OCH3 is 1. The van der Waals surface area contributed by atoms with Crippen molar-refractivity contribution < 1.29 is 14.3 Å². The first-order valence-electron chi connectivity index (χ1n) is 9.28. The Morgan fingerprint density at radius 2 is 1.81 bits per heavy atom. The first-order chi connectivity index (χ1) is 12.8. The number of likely N-dealkylation sites (tertiary alicyclic amines) is 1. The standard InChI is InChI=1S/C20H27ClN2O3S/c1-19(2,14-21)18(25)22-10-8-20(9-11-22)23(12-13-27-20)17(24)15-4-6-16(26-3)7-5-15/h4-7H,8-14H2,1-3H3. The summed E-state index contributed by atoms with van der Waals surface area (Å²) in [5, 5.41) is 0. The van der Waals surface area contributed by atoms with Gasteiger partial charge in [0.15, 0.2) is 0 Å². The molecule has 1 aromatic rings. The molecule has 0 bridgehead atoms. The Bertz CT molecular complexity index is 700. The summed E-state index contributed by atoms with van der Waals surface area (Å²) in [4.78, 5) is 29.5. The van der Waals surface area contributed by atoms with Gasteiger partial charge in [-0.15, -0.1) is 23.4 Å². The molecule has 2 amide bonds. The fourth-order valence-corrected chi connectivity index (χ4v) is 5.31. The van der Waals surface area contributed by atoms with Gasteiger partial charge in [0.05, 0.1) is 17.4 Å². The Hall–Kier alpha value is -1.40. The number of rotatable bonds is 4. The van der Waals surface area contributed by atoms with E-state index in [0.29, 0.717) is 24.5 Å². The Morgan fingerprint density at radius 3 is 2.37 bits per heavy atom. The maximum Gasteiger partial charge on any atom is 0.255 e. The number of amides is 2. The number of hydrogen-bond acceptors (Lipinski definition) is 4. The first kappa shape index (κ1) is 20.3. The van der Waals surface area contributed by atoms with E-state index in [9.17, 15) is 9.59 Å². The molecule has 2 fully saturated rings. The van der Waals surface area contributed by atoms with Crippen molar-refractivity contribution >= 4 is 35.2 Å². The van der Waals surface area contributed by atoms with Crippen LogP contribution in [0, 0.1) is 5.41 Å². The van der Waals surface area contributed by atoms with E-state index in [1.165, 1.54) is 0 Å². The van der Waals surface area contributed by atoms with Crippen LogP contribution in [0.25, 0.3) is 0 Å². The third kappa shape index (κ3) is 3.92. The highest BCUT2D eigenvalue weighted by Crippen LogP contribution is 2.45. The molecule has 1 aromatic carbocycles. The molecule has 0 aliphatic carbocycles. The first-order valence-corrected chi connectivity index (χ1v) is 10.8. The zero-order valence-corrected chi connectivity index (χ0v) is 17.7. The van der Waals surface area contributed by atoms with Crippen LogP contribution in [-0.2, 0) is 4.79 Å². The van der Waals surface area contributed by atoms with E-state index >= 15 is 0 Å². The van der Waals surface area contributed by atoms with Crippen molar-refractivity contribution in [3.8, 4) is 5.75 Å². The lowest BCUT2D eigenvalue weighted by Gasteiger charge is -2.45. The molecular weight excluding hydrogens is 384 g/mol. The SMILES string of the molecule is COc1ccc(C(=O)N2CCSC23CCN(C(=O)C(C)(C)CCl)CC3)cc1. The lowest BCUT2D eigenvalue weighted by Crippen LogP contribution is -2.55. The Labute approximate surface area is 170 Å². The van der Waals surface area contributed by atoms with Crippen molar-refractivity contribution in [2.24, 2.45) is 5.41 Å². The molecule has 0 N–H and O–H groups in total. The molecule has 1 spiro atoms. The number of carbonyl (C=O) groups excluding carboxylic acids is 2. The summed E-state index contributed by atoms with van der Waals surface area (Å²) in [5.41, 5.74) is 0.132. The minimum absolute atomic E-state index is 0.0588. The zero-order valence-electron chi connectivity index (χ0n) is 16.2. The normalized spacial score (nSPS) is 19.4. The average molecular weight is 411 g/mol. The van der Waals surface area contributed by atoms with Gasteiger partial charge < -0.3 is 14.5 Å². The van der Waals surface area contributed by atoms with Gasteiger partial charge in [-0.2, -0.15) is 0 Å². The van der Waals surface area contributed by atoms with Crippen LogP contribution < -0.4 is 4.74 Å². The molecule has 0 atom stereocenters. The summed E-state index contributed by atoms with van der Waals surface area (Å²) in [6.45, 7) is 5.85. The number of carbonyl (C=O) groups is 2. The van der Waals surface area contributed by atoms with E-state index in [4.69, 9.17) is 16.3 Å². The number of benzene rings is 1. The van der Waals surface area contributed by atoms with E-state index in [1.54, 1.807) is 7.11 Å². The predicted molar refractivity (Wildman–Crippen MR) is 110 cm³/mol. The highest BCUT2D eigenvalue weighted by molar-refractivity contribution is 8.00. The summed E-state index contributed by atoms with van der Waals surface area (Å²) in [6.07, 6.45) is 1.59. The van der Waals surface area contributed by atoms with Gasteiger partial charge in [0.1, 0.15) is 5.75 Å². The van der Waals surface area contributed by atoms with Crippen LogP contribution in [0.4, 0.5) is 0 Å². The highest BCUT2D eigenvalue weighted by Gasteiger charge is 2.48. The van der Waals surface area contributed by atoms with Crippen LogP contribution >= 0.6 is 23.4 Å². The van der Waals surface area contributed by atoms with Crippen LogP contribution in [-0.4, -0.2) is 64.9 Å². The summed E-state index contributed by atoms with van der Waals surface area (Å²) in [6, 6.07) is 7.27. The molecule has 0 radical (unpaired) electrons. The van der Waals surface area contributed by atoms with Crippen LogP contribution in [0.2, 0.25) is 0 Å². The van der Waals surface area contributed by atoms with E-state index in [0.717, 1.165) is 30.9 Å². The molecule has 148 valence electrons. The van der Waals surface area contributed by atoms with Crippen LogP contribution in [0.15, 0.2) is 24.3 Å². The zero-order chi connectivity index (χ0) is 19.7. The van der Waals surface area contributed by atoms with Crippen molar-refractivity contribution in [2.45, 2.75) is 31.6 Å². The Balaban J connectivity index is 1.71. The van der Waals surface area contributed by atoms with Gasteiger partial charge in [-0.3, -0.25) is 9.59 Å². The average Bonchev–Trinajstić information content (AvgIpc) is 3.10. The number of thioether (sulfide) groups is 1. The van der Waals surface area contributed by atoms with Crippen molar-refractivity contribution in [3.05, 3.63) is 29.8 Å². The van der Waals surface area contributed by atoms with Crippen LogP contribution in [0.5, 0.6) is 5.75 Å². The van der Waals surface area contributed by atoms with Crippen molar-refractivity contribution in [3.63, 3.8) is 0 Å². The maximum absolute atomic E-state index is 13.1. The Morgan fingerprint density at radius 1 is 1.19 bits per heavy atom. The van der Waals surface area contributed by atoms with Gasteiger partial charge in [0.25, 0.3) is 5.91 Å². The summed E-state index contributed by atoms with van der Waals surface area (Å²) >= 11 is 7.82. The highest BCUT2D eigenvalue weighted by atomic mass is 35.5. The second-order valence-electron chi connectivity index (χ2n) is 7.79. The minimum Gasteiger partial charge on any atom is -0.497 e. The number of piperidine rings is 1. The molecular formula is C20H27ClN2O3S. The topological polar surface area (TPSA) is 49.9 Å². The second kappa shape index (κ2) is 7.92. The number of nitrogens with zero attached hydrogens (tertiary/aromatic N) is 2. The number of hydrogen-bond donors (Lipinski definition) is 0. The molecule has 2 heterocycles. The van der Waals surface area contributed by atoms with Crippen molar-refractivity contribution in [1.29, 1.82) is 0 Å². The third-order valence-electron chi connectivity index (χ3n) is 5.50. The fraction of sp³-hybridized carbons (Fsp3) is 0.600. The number of halogens is 1. The van der Waals surface area contributed by atoms with E-state index < -0.39 is 5.41 Å². The maximum atomic E-state index is 13.1. The minimum atomic E-state index is -0.548. The van der Waals surface area contributed by atoms with Gasteiger partial charge in [0, 0.05) is 36.8 Å². The summed E-state index contributed by atoms with van der Waals surface area (Å²) < 4.78 is 5.18. The fourth-order valence-electron chi connectivity index (χ4n) is 3.74. The summed E-state index contributed by atoms with van der Waals surface area (Å²) in [7, 11) is 1.61. The molecule has 2 saturated heterocycles. The van der Waals surface area contributed by atoms with Gasteiger partial charge in [0.2, 0.25) is 5.91 Å². The molecule has 0 unspecified atom stereocenters. The second-order valence-corrected chi connectivity index (χ2v) is 9.51. The van der Waals surface area contributed by atoms with Gasteiger partial charge >= 0.3 is 0 Å². The molecule has 3 rings (SSSR count). The van der Waals surface area contributed by atoms with E-state index in [-0.39, 0.29) is 16.7 Å². The molecule has 7 heteroatoms. The molecule has 2 aliphatic heterocycles. The number of alkyl halides is 1. The lowest BCUT2D eigenvalue weighted by atomic mass is 9.92. The molecule has 27 heavy (non-hydrogen) atoms. The van der Waals surface area contributed by atoms with Crippen LogP contribution in [0.3, 0.4) is 0 Å². The lowest BCUT2D eigenvalue weighted by molar-refractivity contribution is -0.140. The number of ether oxygens (including phenoxy) is 1. The monoisotopic (exact) mass is 410 g/mol. The predicted octanol–water partition coefficient (Wildman–Crippen LogP) is 3.47. The van der Waals surface area contributed by atoms with Crippen molar-refractivity contribution in [2.75, 3.05) is 38.4 Å². The van der Waals surface area contributed by atoms with Gasteiger partial charge in [-0.1, -0.05) is 0 Å². The van der Waals surface area contributed by atoms with E-state index in [1.807, 2.05) is 59.7 Å². The third-order valence-corrected chi connectivity index (χ3v) is 7.73. The smallest absolute Gasteiger partial charge is 0.255 e. The molecule has 2 aliphatic rings. The van der Waals surface area contributed by atoms with Crippen molar-refractivity contribution in [1.82, 2.24) is 9.80 Å². The van der Waals surface area contributed by atoms with E-state index in [2.05, 4.69) is 0 Å². The van der Waals surface area contributed by atoms with Crippen LogP contribution in [0.1, 0.15) is 37.0 Å². The molecule has 0 aromatic heterocycles. The molecule has 5 nitrogen and oxygen atoms in total. The largest absolute Gasteiger partial charge is 0.497 e. The van der Waals surface area contributed by atoms with Gasteiger partial charge in [-0.25, -0.2) is 0 Å². The van der Waals surface area contributed by atoms with Gasteiger partial charge in [-0.05, 0) is 51.0 Å².